The Morgan fingerprint density at radius 3 is 2.54 bits per heavy atom. The van der Waals surface area contributed by atoms with Gasteiger partial charge in [-0.05, 0) is 30.5 Å². The molecule has 140 valence electrons. The molecule has 2 heterocycles. The van der Waals surface area contributed by atoms with Crippen LogP contribution in [0.5, 0.6) is 5.75 Å². The molecule has 1 aromatic rings. The number of carboxylic acids is 1. The molecule has 1 N–H and O–H groups in total. The van der Waals surface area contributed by atoms with Gasteiger partial charge in [0, 0.05) is 33.1 Å². The number of amides is 1. The maximum absolute atomic E-state index is 12.0. The molecule has 2 aliphatic heterocycles. The van der Waals surface area contributed by atoms with Gasteiger partial charge in [0.2, 0.25) is 5.91 Å². The molecule has 6 nitrogen and oxygen atoms in total. The molecule has 3 rings (SSSR count). The standard InChI is InChI=1S/C20H26N2O4/c1-21-18(23)14-17(19(24)25)20(21)9-12-22(13-10-20)11-3-4-15-5-7-16(26-2)8-6-15/h3-8,17H,9-14H2,1-2H3,(H,24,25)/b4-3+/t17-/m0/s1. The third-order valence-electron chi connectivity index (χ3n) is 5.88. The summed E-state index contributed by atoms with van der Waals surface area (Å²) < 4.78 is 5.15. The minimum absolute atomic E-state index is 0.0507. The van der Waals surface area contributed by atoms with Crippen LogP contribution in [0.15, 0.2) is 30.3 Å². The Kier molecular flexibility index (Phi) is 5.32. The van der Waals surface area contributed by atoms with Crippen molar-refractivity contribution in [2.45, 2.75) is 24.8 Å². The number of nitrogens with zero attached hydrogens (tertiary/aromatic N) is 2. The third-order valence-corrected chi connectivity index (χ3v) is 5.88. The van der Waals surface area contributed by atoms with Crippen molar-refractivity contribution < 1.29 is 19.4 Å². The molecule has 1 spiro atoms. The average molecular weight is 358 g/mol. The number of rotatable bonds is 5. The van der Waals surface area contributed by atoms with Gasteiger partial charge < -0.3 is 14.7 Å². The smallest absolute Gasteiger partial charge is 0.309 e. The van der Waals surface area contributed by atoms with E-state index in [-0.39, 0.29) is 12.3 Å². The zero-order valence-electron chi connectivity index (χ0n) is 15.4. The van der Waals surface area contributed by atoms with Crippen molar-refractivity contribution in [3.63, 3.8) is 0 Å². The number of hydrogen-bond donors (Lipinski definition) is 1. The molecular formula is C20H26N2O4. The summed E-state index contributed by atoms with van der Waals surface area (Å²) in [5.74, 6) is -0.649. The van der Waals surface area contributed by atoms with Gasteiger partial charge in [-0.1, -0.05) is 24.3 Å². The van der Waals surface area contributed by atoms with E-state index >= 15 is 0 Å². The van der Waals surface area contributed by atoms with Gasteiger partial charge in [-0.25, -0.2) is 0 Å². The lowest BCUT2D eigenvalue weighted by molar-refractivity contribution is -0.146. The Hall–Kier alpha value is -2.34. The van der Waals surface area contributed by atoms with Gasteiger partial charge in [-0.3, -0.25) is 14.5 Å². The van der Waals surface area contributed by atoms with Gasteiger partial charge in [0.15, 0.2) is 0 Å². The van der Waals surface area contributed by atoms with Gasteiger partial charge in [-0.2, -0.15) is 0 Å². The van der Waals surface area contributed by atoms with E-state index in [0.717, 1.165) is 30.9 Å². The summed E-state index contributed by atoms with van der Waals surface area (Å²) in [6.45, 7) is 2.42. The Labute approximate surface area is 154 Å². The molecular weight excluding hydrogens is 332 g/mol. The molecule has 2 saturated heterocycles. The molecule has 0 unspecified atom stereocenters. The minimum atomic E-state index is -0.851. The second-order valence-electron chi connectivity index (χ2n) is 7.13. The number of carbonyl (C=O) groups excluding carboxylic acids is 1. The number of likely N-dealkylation sites (tertiary alicyclic amines) is 2. The van der Waals surface area contributed by atoms with Crippen molar-refractivity contribution >= 4 is 18.0 Å². The molecule has 1 aromatic carbocycles. The molecule has 1 amide bonds. The number of methoxy groups -OCH3 is 1. The second kappa shape index (κ2) is 7.50. The Morgan fingerprint density at radius 2 is 1.96 bits per heavy atom. The number of piperidine rings is 1. The predicted molar refractivity (Wildman–Crippen MR) is 98.9 cm³/mol. The van der Waals surface area contributed by atoms with E-state index in [1.54, 1.807) is 19.1 Å². The maximum Gasteiger partial charge on any atom is 0.309 e. The Bertz CT molecular complexity index is 690. The lowest BCUT2D eigenvalue weighted by Crippen LogP contribution is -2.56. The predicted octanol–water partition coefficient (Wildman–Crippen LogP) is 2.11. The van der Waals surface area contributed by atoms with Crippen LogP contribution in [0, 0.1) is 5.92 Å². The van der Waals surface area contributed by atoms with Crippen LogP contribution in [0.1, 0.15) is 24.8 Å². The van der Waals surface area contributed by atoms with Crippen molar-refractivity contribution in [2.24, 2.45) is 5.92 Å². The van der Waals surface area contributed by atoms with E-state index in [4.69, 9.17) is 4.74 Å². The maximum atomic E-state index is 12.0. The number of carbonyl (C=O) groups is 2. The number of ether oxygens (including phenoxy) is 1. The molecule has 2 aliphatic rings. The van der Waals surface area contributed by atoms with Gasteiger partial charge in [0.05, 0.1) is 18.6 Å². The topological polar surface area (TPSA) is 70.1 Å². The summed E-state index contributed by atoms with van der Waals surface area (Å²) in [6.07, 6.45) is 5.75. The SMILES string of the molecule is COc1ccc(/C=C/CN2CCC3(CC2)[C@H](C(=O)O)CC(=O)N3C)cc1. The molecule has 0 bridgehead atoms. The van der Waals surface area contributed by atoms with Crippen molar-refractivity contribution in [1.82, 2.24) is 9.80 Å². The Morgan fingerprint density at radius 1 is 1.31 bits per heavy atom. The summed E-state index contributed by atoms with van der Waals surface area (Å²) >= 11 is 0. The monoisotopic (exact) mass is 358 g/mol. The van der Waals surface area contributed by atoms with Crippen molar-refractivity contribution in [3.05, 3.63) is 35.9 Å². The summed E-state index contributed by atoms with van der Waals surface area (Å²) in [6, 6.07) is 7.89. The minimum Gasteiger partial charge on any atom is -0.497 e. The van der Waals surface area contributed by atoms with Crippen LogP contribution < -0.4 is 4.74 Å². The second-order valence-corrected chi connectivity index (χ2v) is 7.13. The highest BCUT2D eigenvalue weighted by Gasteiger charge is 2.55. The van der Waals surface area contributed by atoms with Crippen molar-refractivity contribution in [2.75, 3.05) is 33.8 Å². The zero-order chi connectivity index (χ0) is 18.7. The largest absolute Gasteiger partial charge is 0.497 e. The zero-order valence-corrected chi connectivity index (χ0v) is 15.4. The van der Waals surface area contributed by atoms with Crippen LogP contribution in [0.4, 0.5) is 0 Å². The first-order valence-corrected chi connectivity index (χ1v) is 8.99. The fourth-order valence-corrected chi connectivity index (χ4v) is 4.16. The number of carboxylic acid groups (broad SMARTS) is 1. The summed E-state index contributed by atoms with van der Waals surface area (Å²) in [5, 5.41) is 9.52. The summed E-state index contributed by atoms with van der Waals surface area (Å²) in [7, 11) is 3.41. The highest BCUT2D eigenvalue weighted by atomic mass is 16.5. The van der Waals surface area contributed by atoms with E-state index in [0.29, 0.717) is 12.8 Å². The van der Waals surface area contributed by atoms with Crippen LogP contribution in [0.3, 0.4) is 0 Å². The third kappa shape index (κ3) is 3.46. The molecule has 1 atom stereocenters. The summed E-state index contributed by atoms with van der Waals surface area (Å²) in [5.41, 5.74) is 0.602. The summed E-state index contributed by atoms with van der Waals surface area (Å²) in [4.78, 5) is 27.7. The van der Waals surface area contributed by atoms with E-state index in [1.165, 1.54) is 0 Å². The first-order chi connectivity index (χ1) is 12.5. The van der Waals surface area contributed by atoms with Gasteiger partial charge in [0.1, 0.15) is 5.75 Å². The lowest BCUT2D eigenvalue weighted by atomic mass is 9.77. The van der Waals surface area contributed by atoms with Crippen molar-refractivity contribution in [1.29, 1.82) is 0 Å². The molecule has 0 saturated carbocycles. The number of aliphatic carboxylic acids is 1. The normalized spacial score (nSPS) is 23.1. The number of benzene rings is 1. The molecule has 26 heavy (non-hydrogen) atoms. The van der Waals surface area contributed by atoms with Crippen molar-refractivity contribution in [3.8, 4) is 5.75 Å². The number of hydrogen-bond acceptors (Lipinski definition) is 4. The fraction of sp³-hybridized carbons (Fsp3) is 0.500. The van der Waals surface area contributed by atoms with E-state index < -0.39 is 17.4 Å². The van der Waals surface area contributed by atoms with Crippen LogP contribution in [0.25, 0.3) is 6.08 Å². The molecule has 0 radical (unpaired) electrons. The van der Waals surface area contributed by atoms with E-state index in [1.807, 2.05) is 24.3 Å². The Balaban J connectivity index is 1.57. The molecule has 0 aliphatic carbocycles. The van der Waals surface area contributed by atoms with Crippen LogP contribution in [-0.4, -0.2) is 66.1 Å². The van der Waals surface area contributed by atoms with Gasteiger partial charge in [0.25, 0.3) is 0 Å². The highest BCUT2D eigenvalue weighted by molar-refractivity contribution is 5.88. The van der Waals surface area contributed by atoms with Crippen LogP contribution in [0.2, 0.25) is 0 Å². The molecule has 0 aromatic heterocycles. The quantitative estimate of drug-likeness (QED) is 0.873. The average Bonchev–Trinajstić information content (AvgIpc) is 2.89. The molecule has 6 heteroatoms. The van der Waals surface area contributed by atoms with Gasteiger partial charge >= 0.3 is 5.97 Å². The van der Waals surface area contributed by atoms with E-state index in [9.17, 15) is 14.7 Å². The van der Waals surface area contributed by atoms with Crippen LogP contribution >= 0.6 is 0 Å². The highest BCUT2D eigenvalue weighted by Crippen LogP contribution is 2.42. The first kappa shape index (κ1) is 18.5. The molecule has 2 fully saturated rings. The van der Waals surface area contributed by atoms with Crippen LogP contribution in [-0.2, 0) is 9.59 Å². The van der Waals surface area contributed by atoms with Gasteiger partial charge in [-0.15, -0.1) is 0 Å². The van der Waals surface area contributed by atoms with E-state index in [2.05, 4.69) is 17.1 Å². The lowest BCUT2D eigenvalue weighted by Gasteiger charge is -2.45. The first-order valence-electron chi connectivity index (χ1n) is 8.99. The fourth-order valence-electron chi connectivity index (χ4n) is 4.16.